The zero-order chi connectivity index (χ0) is 21.3. The minimum Gasteiger partial charge on any atom is -0.497 e. The van der Waals surface area contributed by atoms with Gasteiger partial charge in [-0.2, -0.15) is 13.2 Å². The molecule has 0 aliphatic carbocycles. The van der Waals surface area contributed by atoms with E-state index in [0.29, 0.717) is 24.7 Å². The van der Waals surface area contributed by atoms with E-state index in [1.54, 1.807) is 43.1 Å². The first-order valence-electron chi connectivity index (χ1n) is 8.89. The molecule has 1 aliphatic rings. The third-order valence-electron chi connectivity index (χ3n) is 5.27. The van der Waals surface area contributed by atoms with Gasteiger partial charge >= 0.3 is 6.18 Å². The van der Waals surface area contributed by atoms with Gasteiger partial charge in [-0.05, 0) is 43.5 Å². The van der Waals surface area contributed by atoms with Crippen LogP contribution in [0.2, 0.25) is 0 Å². The molecule has 0 saturated carbocycles. The van der Waals surface area contributed by atoms with Crippen LogP contribution in [0, 0.1) is 5.92 Å². The van der Waals surface area contributed by atoms with Gasteiger partial charge in [0.15, 0.2) is 0 Å². The van der Waals surface area contributed by atoms with E-state index >= 15 is 0 Å². The molecule has 1 unspecified atom stereocenters. The second kappa shape index (κ2) is 7.98. The van der Waals surface area contributed by atoms with E-state index in [1.807, 2.05) is 0 Å². The largest absolute Gasteiger partial charge is 0.497 e. The van der Waals surface area contributed by atoms with Gasteiger partial charge in [-0.15, -0.1) is 0 Å². The van der Waals surface area contributed by atoms with Crippen molar-refractivity contribution < 1.29 is 32.6 Å². The number of methoxy groups -OCH3 is 1. The molecular weight excluding hydrogens is 377 g/mol. The lowest BCUT2D eigenvalue weighted by molar-refractivity contribution is -0.251. The highest BCUT2D eigenvalue weighted by Crippen LogP contribution is 2.33. The number of benzene rings is 1. The number of ether oxygens (including phenoxy) is 1. The Hall–Kier alpha value is -2.29. The summed E-state index contributed by atoms with van der Waals surface area (Å²) in [5, 5.41) is 9.62. The Balaban J connectivity index is 2.06. The number of rotatable bonds is 4. The smallest absolute Gasteiger partial charge is 0.426 e. The summed E-state index contributed by atoms with van der Waals surface area (Å²) in [5.74, 6) is -1.22. The number of hydrogen-bond acceptors (Lipinski definition) is 4. The lowest BCUT2D eigenvalue weighted by Gasteiger charge is -2.43. The van der Waals surface area contributed by atoms with Crippen molar-refractivity contribution in [2.24, 2.45) is 5.92 Å². The summed E-state index contributed by atoms with van der Waals surface area (Å²) >= 11 is 0. The highest BCUT2D eigenvalue weighted by Gasteiger charge is 2.57. The monoisotopic (exact) mass is 402 g/mol. The zero-order valence-electron chi connectivity index (χ0n) is 16.3. The van der Waals surface area contributed by atoms with E-state index in [1.165, 1.54) is 7.11 Å². The standard InChI is InChI=1S/C19H25F3N2O4/c1-12-11-24(17(26)18(2,27)19(20,21)22)10-9-15(12)23(3)16(25)13-5-7-14(28-4)8-6-13/h5-8,12,15,27H,9-11H2,1-4H3/t12-,15+,18?/m0/s1. The third kappa shape index (κ3) is 4.24. The van der Waals surface area contributed by atoms with Crippen LogP contribution in [0.3, 0.4) is 0 Å². The maximum absolute atomic E-state index is 12.9. The van der Waals surface area contributed by atoms with Gasteiger partial charge in [0.05, 0.1) is 7.11 Å². The van der Waals surface area contributed by atoms with E-state index in [2.05, 4.69) is 0 Å². The number of carbonyl (C=O) groups is 2. The molecule has 1 aromatic rings. The molecule has 9 heteroatoms. The van der Waals surface area contributed by atoms with Crippen molar-refractivity contribution in [2.75, 3.05) is 27.2 Å². The topological polar surface area (TPSA) is 70.1 Å². The summed E-state index contributed by atoms with van der Waals surface area (Å²) < 4.78 is 43.9. The summed E-state index contributed by atoms with van der Waals surface area (Å²) in [6, 6.07) is 6.38. The molecule has 3 atom stereocenters. The quantitative estimate of drug-likeness (QED) is 0.839. The van der Waals surface area contributed by atoms with Crippen LogP contribution in [0.25, 0.3) is 0 Å². The van der Waals surface area contributed by atoms with Gasteiger partial charge in [0.1, 0.15) is 5.75 Å². The Labute approximate surface area is 161 Å². The van der Waals surface area contributed by atoms with Crippen LogP contribution < -0.4 is 4.74 Å². The fourth-order valence-corrected chi connectivity index (χ4v) is 3.41. The van der Waals surface area contributed by atoms with Crippen LogP contribution in [0.1, 0.15) is 30.6 Å². The van der Waals surface area contributed by atoms with Crippen molar-refractivity contribution in [3.8, 4) is 5.75 Å². The minimum absolute atomic E-state index is 0.0238. The molecular formula is C19H25F3N2O4. The molecule has 0 spiro atoms. The first-order valence-corrected chi connectivity index (χ1v) is 8.89. The summed E-state index contributed by atoms with van der Waals surface area (Å²) in [5.41, 5.74) is -2.96. The summed E-state index contributed by atoms with van der Waals surface area (Å²) in [7, 11) is 3.16. The number of amides is 2. The van der Waals surface area contributed by atoms with Gasteiger partial charge in [-0.1, -0.05) is 6.92 Å². The molecule has 1 heterocycles. The Kier molecular flexibility index (Phi) is 6.27. The molecule has 0 bridgehead atoms. The second-order valence-electron chi connectivity index (χ2n) is 7.30. The van der Waals surface area contributed by atoms with Crippen molar-refractivity contribution in [2.45, 2.75) is 38.1 Å². The van der Waals surface area contributed by atoms with Crippen molar-refractivity contribution >= 4 is 11.8 Å². The van der Waals surface area contributed by atoms with E-state index in [9.17, 15) is 27.9 Å². The molecule has 1 aliphatic heterocycles. The fraction of sp³-hybridized carbons (Fsp3) is 0.579. The van der Waals surface area contributed by atoms with Crippen LogP contribution in [0.4, 0.5) is 13.2 Å². The molecule has 28 heavy (non-hydrogen) atoms. The minimum atomic E-state index is -5.05. The Bertz CT molecular complexity index is 719. The van der Waals surface area contributed by atoms with Crippen LogP contribution in [-0.4, -0.2) is 71.8 Å². The number of alkyl halides is 3. The number of nitrogens with zero attached hydrogens (tertiary/aromatic N) is 2. The van der Waals surface area contributed by atoms with Crippen molar-refractivity contribution in [1.82, 2.24) is 9.80 Å². The fourth-order valence-electron chi connectivity index (χ4n) is 3.41. The third-order valence-corrected chi connectivity index (χ3v) is 5.27. The zero-order valence-corrected chi connectivity index (χ0v) is 16.3. The molecule has 1 saturated heterocycles. The van der Waals surface area contributed by atoms with Crippen molar-refractivity contribution in [3.63, 3.8) is 0 Å². The molecule has 1 N–H and O–H groups in total. The second-order valence-corrected chi connectivity index (χ2v) is 7.30. The van der Waals surface area contributed by atoms with Gasteiger partial charge in [-0.3, -0.25) is 9.59 Å². The predicted octanol–water partition coefficient (Wildman–Crippen LogP) is 2.32. The Morgan fingerprint density at radius 2 is 1.82 bits per heavy atom. The molecule has 2 amide bonds. The summed E-state index contributed by atoms with van der Waals surface area (Å²) in [4.78, 5) is 27.4. The number of hydrogen-bond donors (Lipinski definition) is 1. The van der Waals surface area contributed by atoms with Gasteiger partial charge < -0.3 is 19.6 Å². The summed E-state index contributed by atoms with van der Waals surface area (Å²) in [6.07, 6.45) is -4.73. The number of aliphatic hydroxyl groups is 1. The number of halogens is 3. The Morgan fingerprint density at radius 3 is 2.29 bits per heavy atom. The van der Waals surface area contributed by atoms with Crippen LogP contribution in [0.5, 0.6) is 5.75 Å². The normalized spacial score (nSPS) is 22.4. The van der Waals surface area contributed by atoms with Crippen molar-refractivity contribution in [1.29, 1.82) is 0 Å². The molecule has 6 nitrogen and oxygen atoms in total. The predicted molar refractivity (Wildman–Crippen MR) is 95.9 cm³/mol. The number of carbonyl (C=O) groups excluding carboxylic acids is 2. The molecule has 1 fully saturated rings. The van der Waals surface area contributed by atoms with Gasteiger partial charge in [0.2, 0.25) is 5.60 Å². The molecule has 0 radical (unpaired) electrons. The van der Waals surface area contributed by atoms with Crippen LogP contribution >= 0.6 is 0 Å². The maximum atomic E-state index is 12.9. The molecule has 1 aromatic carbocycles. The SMILES string of the molecule is COc1ccc(C(=O)N(C)[C@@H]2CCN(C(=O)C(C)(O)C(F)(F)F)C[C@@H]2C)cc1. The average Bonchev–Trinajstić information content (AvgIpc) is 2.65. The maximum Gasteiger partial charge on any atom is 0.426 e. The average molecular weight is 402 g/mol. The lowest BCUT2D eigenvalue weighted by atomic mass is 9.90. The van der Waals surface area contributed by atoms with E-state index in [-0.39, 0.29) is 31.0 Å². The van der Waals surface area contributed by atoms with Gasteiger partial charge in [0, 0.05) is 31.7 Å². The highest BCUT2D eigenvalue weighted by atomic mass is 19.4. The lowest BCUT2D eigenvalue weighted by Crippen LogP contribution is -2.60. The first kappa shape index (κ1) is 22.0. The van der Waals surface area contributed by atoms with Crippen LogP contribution in [-0.2, 0) is 4.79 Å². The first-order chi connectivity index (χ1) is 12.9. The number of likely N-dealkylation sites (tertiary alicyclic amines) is 1. The molecule has 2 rings (SSSR count). The number of piperidine rings is 1. The Morgan fingerprint density at radius 1 is 1.25 bits per heavy atom. The molecule has 0 aromatic heterocycles. The van der Waals surface area contributed by atoms with Crippen molar-refractivity contribution in [3.05, 3.63) is 29.8 Å². The molecule has 156 valence electrons. The van der Waals surface area contributed by atoms with Gasteiger partial charge in [0.25, 0.3) is 11.8 Å². The highest BCUT2D eigenvalue weighted by molar-refractivity contribution is 5.94. The van der Waals surface area contributed by atoms with Gasteiger partial charge in [-0.25, -0.2) is 0 Å². The van der Waals surface area contributed by atoms with E-state index in [0.717, 1.165) is 4.90 Å². The van der Waals surface area contributed by atoms with Crippen LogP contribution in [0.15, 0.2) is 24.3 Å². The van der Waals surface area contributed by atoms with E-state index in [4.69, 9.17) is 4.74 Å². The summed E-state index contributed by atoms with van der Waals surface area (Å²) in [6.45, 7) is 2.28. The van der Waals surface area contributed by atoms with E-state index < -0.39 is 17.7 Å².